The van der Waals surface area contributed by atoms with Gasteiger partial charge in [0.25, 0.3) is 0 Å². The van der Waals surface area contributed by atoms with Crippen molar-refractivity contribution in [1.82, 2.24) is 9.88 Å². The van der Waals surface area contributed by atoms with Crippen molar-refractivity contribution in [2.45, 2.75) is 6.42 Å². The second kappa shape index (κ2) is 6.24. The number of aromatic nitrogens is 1. The molecule has 4 nitrogen and oxygen atoms in total. The van der Waals surface area contributed by atoms with E-state index in [2.05, 4.69) is 37.7 Å². The summed E-state index contributed by atoms with van der Waals surface area (Å²) in [6.45, 7) is 5.53. The first-order valence-corrected chi connectivity index (χ1v) is 7.95. The number of anilines is 2. The van der Waals surface area contributed by atoms with Crippen LogP contribution in [0.2, 0.25) is 0 Å². The number of piperazine rings is 1. The Kier molecular flexibility index (Phi) is 4.18. The lowest BCUT2D eigenvalue weighted by molar-refractivity contribution is 0.261. The fourth-order valence-corrected chi connectivity index (χ4v) is 3.24. The van der Waals surface area contributed by atoms with E-state index in [4.69, 9.17) is 5.73 Å². The van der Waals surface area contributed by atoms with E-state index in [0.717, 1.165) is 39.1 Å². The summed E-state index contributed by atoms with van der Waals surface area (Å²) in [7, 11) is 0. The number of nitrogens with two attached hydrogens (primary N) is 1. The molecule has 20 heavy (non-hydrogen) atoms. The summed E-state index contributed by atoms with van der Waals surface area (Å²) in [6, 6.07) is 6.16. The predicted molar refractivity (Wildman–Crippen MR) is 85.3 cm³/mol. The summed E-state index contributed by atoms with van der Waals surface area (Å²) in [5, 5.41) is 4.40. The molecule has 1 aliphatic heterocycles. The summed E-state index contributed by atoms with van der Waals surface area (Å²) in [5.74, 6) is 0.586. The molecule has 0 bridgehead atoms. The number of thiophene rings is 1. The molecule has 0 amide bonds. The van der Waals surface area contributed by atoms with Crippen molar-refractivity contribution in [2.75, 3.05) is 43.4 Å². The molecule has 3 rings (SSSR count). The van der Waals surface area contributed by atoms with Crippen LogP contribution in [0.4, 0.5) is 11.5 Å². The number of pyridine rings is 1. The molecule has 106 valence electrons. The second-order valence-corrected chi connectivity index (χ2v) is 5.93. The minimum Gasteiger partial charge on any atom is -0.384 e. The summed E-state index contributed by atoms with van der Waals surface area (Å²) in [6.07, 6.45) is 3.03. The Morgan fingerprint density at radius 1 is 1.15 bits per heavy atom. The first-order chi connectivity index (χ1) is 9.81. The third-order valence-corrected chi connectivity index (χ3v) is 4.54. The fourth-order valence-electron chi connectivity index (χ4n) is 2.54. The van der Waals surface area contributed by atoms with E-state index in [9.17, 15) is 0 Å². The molecule has 0 aromatic carbocycles. The highest BCUT2D eigenvalue weighted by atomic mass is 32.1. The van der Waals surface area contributed by atoms with Gasteiger partial charge in [-0.05, 0) is 40.9 Å². The molecule has 2 aromatic rings. The lowest BCUT2D eigenvalue weighted by atomic mass is 10.2. The molecule has 0 atom stereocenters. The van der Waals surface area contributed by atoms with Gasteiger partial charge in [0.1, 0.15) is 5.82 Å². The van der Waals surface area contributed by atoms with Crippen LogP contribution in [0.25, 0.3) is 0 Å². The van der Waals surface area contributed by atoms with Crippen LogP contribution in [0.5, 0.6) is 0 Å². The molecule has 1 aliphatic rings. The van der Waals surface area contributed by atoms with Gasteiger partial charge in [-0.2, -0.15) is 11.3 Å². The van der Waals surface area contributed by atoms with Crippen molar-refractivity contribution >= 4 is 22.8 Å². The van der Waals surface area contributed by atoms with Crippen LogP contribution in [-0.2, 0) is 6.42 Å². The Bertz CT molecular complexity index is 515. The van der Waals surface area contributed by atoms with E-state index >= 15 is 0 Å². The Hall–Kier alpha value is -1.59. The van der Waals surface area contributed by atoms with Gasteiger partial charge in [-0.1, -0.05) is 0 Å². The van der Waals surface area contributed by atoms with Crippen LogP contribution in [0.15, 0.2) is 35.2 Å². The summed E-state index contributed by atoms with van der Waals surface area (Å²) in [5.41, 5.74) is 8.26. The second-order valence-electron chi connectivity index (χ2n) is 5.15. The Labute approximate surface area is 123 Å². The summed E-state index contributed by atoms with van der Waals surface area (Å²) < 4.78 is 0. The smallest absolute Gasteiger partial charge is 0.123 e. The van der Waals surface area contributed by atoms with Crippen molar-refractivity contribution in [3.63, 3.8) is 0 Å². The standard InChI is InChI=1S/C15H20N4S/c16-15-2-1-14(11-17-15)19-8-6-18(7-9-19)5-3-13-4-10-20-12-13/h1-2,4,10-12H,3,5-9H2,(H2,16,17). The van der Waals surface area contributed by atoms with E-state index in [0.29, 0.717) is 5.82 Å². The molecule has 2 N–H and O–H groups in total. The predicted octanol–water partition coefficient (Wildman–Crippen LogP) is 2.09. The van der Waals surface area contributed by atoms with Crippen molar-refractivity contribution in [3.8, 4) is 0 Å². The molecule has 2 aromatic heterocycles. The zero-order valence-corrected chi connectivity index (χ0v) is 12.4. The van der Waals surface area contributed by atoms with Gasteiger partial charge in [0.05, 0.1) is 11.9 Å². The Morgan fingerprint density at radius 3 is 2.65 bits per heavy atom. The van der Waals surface area contributed by atoms with Gasteiger partial charge < -0.3 is 10.6 Å². The minimum atomic E-state index is 0.586. The summed E-state index contributed by atoms with van der Waals surface area (Å²) in [4.78, 5) is 9.09. The van der Waals surface area contributed by atoms with Crippen molar-refractivity contribution in [1.29, 1.82) is 0 Å². The summed E-state index contributed by atoms with van der Waals surface area (Å²) >= 11 is 1.78. The van der Waals surface area contributed by atoms with Gasteiger partial charge in [-0.15, -0.1) is 0 Å². The van der Waals surface area contributed by atoms with Crippen LogP contribution in [0.1, 0.15) is 5.56 Å². The van der Waals surface area contributed by atoms with Crippen LogP contribution >= 0.6 is 11.3 Å². The topological polar surface area (TPSA) is 45.4 Å². The maximum absolute atomic E-state index is 5.63. The molecule has 0 aliphatic carbocycles. The minimum absolute atomic E-state index is 0.586. The van der Waals surface area contributed by atoms with Crippen LogP contribution < -0.4 is 10.6 Å². The number of hydrogen-bond donors (Lipinski definition) is 1. The molecular formula is C15H20N4S. The van der Waals surface area contributed by atoms with Gasteiger partial charge >= 0.3 is 0 Å². The van der Waals surface area contributed by atoms with Gasteiger partial charge in [0, 0.05) is 32.7 Å². The molecule has 1 fully saturated rings. The highest BCUT2D eigenvalue weighted by Crippen LogP contribution is 2.16. The lowest BCUT2D eigenvalue weighted by Gasteiger charge is -2.35. The molecular weight excluding hydrogens is 268 g/mol. The van der Waals surface area contributed by atoms with E-state index in [-0.39, 0.29) is 0 Å². The lowest BCUT2D eigenvalue weighted by Crippen LogP contribution is -2.47. The number of nitrogens with zero attached hydrogens (tertiary/aromatic N) is 3. The largest absolute Gasteiger partial charge is 0.384 e. The Balaban J connectivity index is 1.48. The van der Waals surface area contributed by atoms with Crippen LogP contribution in [0, 0.1) is 0 Å². The van der Waals surface area contributed by atoms with Crippen molar-refractivity contribution in [2.24, 2.45) is 0 Å². The molecule has 3 heterocycles. The molecule has 0 radical (unpaired) electrons. The van der Waals surface area contributed by atoms with E-state index in [1.54, 1.807) is 11.3 Å². The monoisotopic (exact) mass is 288 g/mol. The van der Waals surface area contributed by atoms with E-state index in [1.807, 2.05) is 12.3 Å². The SMILES string of the molecule is Nc1ccc(N2CCN(CCc3ccsc3)CC2)cn1. The molecule has 1 saturated heterocycles. The average Bonchev–Trinajstić information content (AvgIpc) is 3.00. The fraction of sp³-hybridized carbons (Fsp3) is 0.400. The number of rotatable bonds is 4. The highest BCUT2D eigenvalue weighted by Gasteiger charge is 2.17. The molecule has 0 unspecified atom stereocenters. The maximum Gasteiger partial charge on any atom is 0.123 e. The Morgan fingerprint density at radius 2 is 2.00 bits per heavy atom. The van der Waals surface area contributed by atoms with E-state index < -0.39 is 0 Å². The van der Waals surface area contributed by atoms with Gasteiger partial charge in [-0.25, -0.2) is 4.98 Å². The van der Waals surface area contributed by atoms with Gasteiger partial charge in [0.2, 0.25) is 0 Å². The number of nitrogen functional groups attached to an aromatic ring is 1. The van der Waals surface area contributed by atoms with E-state index in [1.165, 1.54) is 11.3 Å². The molecule has 5 heteroatoms. The molecule has 0 saturated carbocycles. The maximum atomic E-state index is 5.63. The molecule has 0 spiro atoms. The first-order valence-electron chi connectivity index (χ1n) is 7.01. The zero-order chi connectivity index (χ0) is 13.8. The normalized spacial score (nSPS) is 16.5. The quantitative estimate of drug-likeness (QED) is 0.936. The van der Waals surface area contributed by atoms with Crippen LogP contribution in [-0.4, -0.2) is 42.6 Å². The third-order valence-electron chi connectivity index (χ3n) is 3.80. The highest BCUT2D eigenvalue weighted by molar-refractivity contribution is 7.07. The zero-order valence-electron chi connectivity index (χ0n) is 11.5. The third kappa shape index (κ3) is 3.29. The first kappa shape index (κ1) is 13.4. The number of hydrogen-bond acceptors (Lipinski definition) is 5. The van der Waals surface area contributed by atoms with Crippen molar-refractivity contribution in [3.05, 3.63) is 40.7 Å². The van der Waals surface area contributed by atoms with Gasteiger partial charge in [0.15, 0.2) is 0 Å². The average molecular weight is 288 g/mol. The van der Waals surface area contributed by atoms with Crippen molar-refractivity contribution < 1.29 is 0 Å². The van der Waals surface area contributed by atoms with Crippen LogP contribution in [0.3, 0.4) is 0 Å². The van der Waals surface area contributed by atoms with Gasteiger partial charge in [-0.3, -0.25) is 4.90 Å².